The molecule has 0 aliphatic carbocycles. The van der Waals surface area contributed by atoms with Crippen LogP contribution in [0.15, 0.2) is 30.3 Å². The van der Waals surface area contributed by atoms with E-state index in [9.17, 15) is 13.2 Å². The van der Waals surface area contributed by atoms with Crippen molar-refractivity contribution in [3.63, 3.8) is 0 Å². The van der Waals surface area contributed by atoms with E-state index in [0.717, 1.165) is 18.6 Å². The Bertz CT molecular complexity index is 749. The van der Waals surface area contributed by atoms with Gasteiger partial charge in [-0.2, -0.15) is 0 Å². The summed E-state index contributed by atoms with van der Waals surface area (Å²) >= 11 is 0. The van der Waals surface area contributed by atoms with Crippen molar-refractivity contribution in [1.29, 1.82) is 0 Å². The van der Waals surface area contributed by atoms with Gasteiger partial charge in [-0.05, 0) is 31.9 Å². The summed E-state index contributed by atoms with van der Waals surface area (Å²) in [4.78, 5) is 14.8. The van der Waals surface area contributed by atoms with Crippen molar-refractivity contribution in [3.8, 4) is 5.75 Å². The zero-order chi connectivity index (χ0) is 20.0. The molecule has 28 heavy (non-hydrogen) atoms. The SMILES string of the molecule is CCS(=O)(=O)N1CCC[C@@](COc2ccccc2)(CC(=O)N2CCOCC2)C1. The van der Waals surface area contributed by atoms with Gasteiger partial charge in [0, 0.05) is 38.0 Å². The van der Waals surface area contributed by atoms with Crippen LogP contribution in [0.4, 0.5) is 0 Å². The van der Waals surface area contributed by atoms with Gasteiger partial charge < -0.3 is 14.4 Å². The number of rotatable bonds is 7. The van der Waals surface area contributed by atoms with Crippen LogP contribution in [0.25, 0.3) is 0 Å². The minimum atomic E-state index is -3.30. The fourth-order valence-corrected chi connectivity index (χ4v) is 5.14. The van der Waals surface area contributed by atoms with Crippen molar-refractivity contribution < 1.29 is 22.7 Å². The molecule has 0 N–H and O–H groups in total. The first-order chi connectivity index (χ1) is 13.4. The molecule has 0 unspecified atom stereocenters. The highest BCUT2D eigenvalue weighted by Crippen LogP contribution is 2.36. The van der Waals surface area contributed by atoms with Gasteiger partial charge in [0.05, 0.1) is 25.6 Å². The molecule has 7 nitrogen and oxygen atoms in total. The number of sulfonamides is 1. The quantitative estimate of drug-likeness (QED) is 0.684. The molecule has 0 spiro atoms. The minimum absolute atomic E-state index is 0.0516. The molecule has 3 rings (SSSR count). The van der Waals surface area contributed by atoms with E-state index in [4.69, 9.17) is 9.47 Å². The number of morpholine rings is 1. The van der Waals surface area contributed by atoms with Crippen LogP contribution in [0.5, 0.6) is 5.75 Å². The molecular weight excluding hydrogens is 380 g/mol. The van der Waals surface area contributed by atoms with Gasteiger partial charge in [0.15, 0.2) is 0 Å². The van der Waals surface area contributed by atoms with Crippen LogP contribution in [0.2, 0.25) is 0 Å². The van der Waals surface area contributed by atoms with Crippen LogP contribution in [-0.2, 0) is 19.6 Å². The first-order valence-corrected chi connectivity index (χ1v) is 11.6. The number of hydrogen-bond acceptors (Lipinski definition) is 5. The second-order valence-electron chi connectivity index (χ2n) is 7.61. The highest BCUT2D eigenvalue weighted by atomic mass is 32.2. The molecule has 1 aromatic rings. The number of para-hydroxylation sites is 1. The molecule has 2 saturated heterocycles. The zero-order valence-corrected chi connectivity index (χ0v) is 17.3. The smallest absolute Gasteiger partial charge is 0.223 e. The molecule has 1 aromatic carbocycles. The van der Waals surface area contributed by atoms with Crippen molar-refractivity contribution in [2.75, 3.05) is 51.8 Å². The summed E-state index contributed by atoms with van der Waals surface area (Å²) < 4.78 is 37.8. The fourth-order valence-electron chi connectivity index (χ4n) is 3.89. The van der Waals surface area contributed by atoms with E-state index in [1.165, 1.54) is 4.31 Å². The maximum atomic E-state index is 13.0. The van der Waals surface area contributed by atoms with Crippen LogP contribution in [0.1, 0.15) is 26.2 Å². The summed E-state index contributed by atoms with van der Waals surface area (Å²) in [6, 6.07) is 9.47. The molecule has 0 radical (unpaired) electrons. The lowest BCUT2D eigenvalue weighted by atomic mass is 9.78. The van der Waals surface area contributed by atoms with E-state index < -0.39 is 15.4 Å². The van der Waals surface area contributed by atoms with Gasteiger partial charge in [-0.25, -0.2) is 12.7 Å². The molecule has 0 bridgehead atoms. The highest BCUT2D eigenvalue weighted by molar-refractivity contribution is 7.89. The Hall–Kier alpha value is -1.64. The normalized spacial score (nSPS) is 24.1. The molecule has 0 aromatic heterocycles. The molecule has 1 atom stereocenters. The van der Waals surface area contributed by atoms with Gasteiger partial charge >= 0.3 is 0 Å². The molecule has 8 heteroatoms. The Balaban J connectivity index is 1.77. The van der Waals surface area contributed by atoms with Crippen molar-refractivity contribution in [3.05, 3.63) is 30.3 Å². The Labute approximate surface area is 167 Å². The maximum Gasteiger partial charge on any atom is 0.223 e. The Morgan fingerprint density at radius 2 is 1.89 bits per heavy atom. The average molecular weight is 411 g/mol. The second-order valence-corrected chi connectivity index (χ2v) is 9.87. The standard InChI is InChI=1S/C20H30N2O5S/c1-2-28(24,25)22-10-6-9-20(16-22,17-27-18-7-4-3-5-8-18)15-19(23)21-11-13-26-14-12-21/h3-5,7-8H,2,6,9-17H2,1H3/t20-/m1/s1. The summed E-state index contributed by atoms with van der Waals surface area (Å²) in [6.07, 6.45) is 1.79. The summed E-state index contributed by atoms with van der Waals surface area (Å²) in [5.74, 6) is 0.854. The Kier molecular flexibility index (Phi) is 6.95. The number of hydrogen-bond donors (Lipinski definition) is 0. The number of carbonyl (C=O) groups is 1. The number of benzene rings is 1. The highest BCUT2D eigenvalue weighted by Gasteiger charge is 2.42. The van der Waals surface area contributed by atoms with Crippen LogP contribution in [0.3, 0.4) is 0 Å². The maximum absolute atomic E-state index is 13.0. The van der Waals surface area contributed by atoms with Gasteiger partial charge in [-0.15, -0.1) is 0 Å². The van der Waals surface area contributed by atoms with E-state index in [2.05, 4.69) is 0 Å². The molecule has 2 heterocycles. The first kappa shape index (κ1) is 21.1. The topological polar surface area (TPSA) is 76.2 Å². The van der Waals surface area contributed by atoms with Crippen LogP contribution < -0.4 is 4.74 Å². The summed E-state index contributed by atoms with van der Waals surface area (Å²) in [5, 5.41) is 0. The van der Waals surface area contributed by atoms with Crippen molar-refractivity contribution in [1.82, 2.24) is 9.21 Å². The van der Waals surface area contributed by atoms with Gasteiger partial charge in [0.25, 0.3) is 0 Å². The van der Waals surface area contributed by atoms with Crippen LogP contribution >= 0.6 is 0 Å². The molecule has 1 amide bonds. The second kappa shape index (κ2) is 9.24. The lowest BCUT2D eigenvalue weighted by Crippen LogP contribution is -2.52. The van der Waals surface area contributed by atoms with Crippen LogP contribution in [0, 0.1) is 5.41 Å². The third-order valence-electron chi connectivity index (χ3n) is 5.56. The van der Waals surface area contributed by atoms with Crippen molar-refractivity contribution in [2.45, 2.75) is 26.2 Å². The average Bonchev–Trinajstić information content (AvgIpc) is 2.74. The Morgan fingerprint density at radius 1 is 1.18 bits per heavy atom. The third kappa shape index (κ3) is 5.24. The van der Waals surface area contributed by atoms with Gasteiger partial charge in [0.2, 0.25) is 15.9 Å². The zero-order valence-electron chi connectivity index (χ0n) is 16.5. The number of carbonyl (C=O) groups excluding carboxylic acids is 1. The number of amides is 1. The monoisotopic (exact) mass is 410 g/mol. The lowest BCUT2D eigenvalue weighted by molar-refractivity contribution is -0.139. The molecule has 0 saturated carbocycles. The van der Waals surface area contributed by atoms with Gasteiger partial charge in [0.1, 0.15) is 5.75 Å². The van der Waals surface area contributed by atoms with Gasteiger partial charge in [-0.1, -0.05) is 18.2 Å². The summed E-state index contributed by atoms with van der Waals surface area (Å²) in [5.41, 5.74) is -0.522. The molecular formula is C20H30N2O5S. The van der Waals surface area contributed by atoms with Gasteiger partial charge in [-0.3, -0.25) is 4.79 Å². The van der Waals surface area contributed by atoms with E-state index in [1.807, 2.05) is 35.2 Å². The summed E-state index contributed by atoms with van der Waals surface area (Å²) in [7, 11) is -3.30. The molecule has 156 valence electrons. The van der Waals surface area contributed by atoms with E-state index in [1.54, 1.807) is 6.92 Å². The molecule has 2 aliphatic rings. The van der Waals surface area contributed by atoms with Crippen LogP contribution in [-0.4, -0.2) is 75.3 Å². The summed E-state index contributed by atoms with van der Waals surface area (Å²) in [6.45, 7) is 5.09. The number of ether oxygens (including phenoxy) is 2. The first-order valence-electron chi connectivity index (χ1n) is 9.95. The van der Waals surface area contributed by atoms with E-state index in [0.29, 0.717) is 46.0 Å². The van der Waals surface area contributed by atoms with Crippen molar-refractivity contribution >= 4 is 15.9 Å². The Morgan fingerprint density at radius 3 is 2.57 bits per heavy atom. The van der Waals surface area contributed by atoms with E-state index in [-0.39, 0.29) is 18.1 Å². The third-order valence-corrected chi connectivity index (χ3v) is 7.39. The number of piperidine rings is 1. The predicted molar refractivity (Wildman–Crippen MR) is 107 cm³/mol. The van der Waals surface area contributed by atoms with Crippen molar-refractivity contribution in [2.24, 2.45) is 5.41 Å². The number of nitrogens with zero attached hydrogens (tertiary/aromatic N) is 2. The fraction of sp³-hybridized carbons (Fsp3) is 0.650. The molecule has 2 fully saturated rings. The largest absolute Gasteiger partial charge is 0.493 e. The minimum Gasteiger partial charge on any atom is -0.493 e. The lowest BCUT2D eigenvalue weighted by Gasteiger charge is -2.42. The predicted octanol–water partition coefficient (Wildman–Crippen LogP) is 1.75. The molecule has 2 aliphatic heterocycles. The van der Waals surface area contributed by atoms with E-state index >= 15 is 0 Å².